The summed E-state index contributed by atoms with van der Waals surface area (Å²) in [5, 5.41) is 16.1. The number of imidazole rings is 1. The predicted molar refractivity (Wildman–Crippen MR) is 110 cm³/mol. The highest BCUT2D eigenvalue weighted by Gasteiger charge is 2.23. The molecular formula is C21H19N5O3. The van der Waals surface area contributed by atoms with Gasteiger partial charge in [0.2, 0.25) is 0 Å². The van der Waals surface area contributed by atoms with E-state index < -0.39 is 4.92 Å². The number of fused-ring (bicyclic) bond motifs is 1. The number of hydrogen-bond acceptors (Lipinski definition) is 6. The van der Waals surface area contributed by atoms with E-state index in [2.05, 4.69) is 15.3 Å². The summed E-state index contributed by atoms with van der Waals surface area (Å²) in [5.74, 6) is 1.51. The lowest BCUT2D eigenvalue weighted by Crippen LogP contribution is -2.18. The van der Waals surface area contributed by atoms with Gasteiger partial charge < -0.3 is 14.6 Å². The molecule has 0 fully saturated rings. The number of ether oxygens (including phenoxy) is 1. The first-order valence-electron chi connectivity index (χ1n) is 8.98. The number of anilines is 1. The molecule has 0 saturated carbocycles. The van der Waals surface area contributed by atoms with Crippen molar-refractivity contribution in [3.05, 3.63) is 88.8 Å². The SMILES string of the molecule is COc1ccccc1[C@@H](Nc1ccc([N+](=O)[O-])c2cnccc12)c1nccn1C. The largest absolute Gasteiger partial charge is 0.496 e. The zero-order chi connectivity index (χ0) is 20.4. The van der Waals surface area contributed by atoms with E-state index in [0.29, 0.717) is 10.8 Å². The fraction of sp³-hybridized carbons (Fsp3) is 0.143. The Morgan fingerprint density at radius 3 is 2.69 bits per heavy atom. The fourth-order valence-electron chi connectivity index (χ4n) is 3.46. The molecule has 146 valence electrons. The quantitative estimate of drug-likeness (QED) is 0.394. The van der Waals surface area contributed by atoms with E-state index in [1.807, 2.05) is 42.1 Å². The minimum Gasteiger partial charge on any atom is -0.496 e. The molecule has 1 atom stereocenters. The van der Waals surface area contributed by atoms with Crippen LogP contribution in [-0.4, -0.2) is 26.6 Å². The molecule has 0 spiro atoms. The van der Waals surface area contributed by atoms with Gasteiger partial charge in [0.05, 0.1) is 17.4 Å². The van der Waals surface area contributed by atoms with E-state index in [4.69, 9.17) is 4.74 Å². The second-order valence-corrected chi connectivity index (χ2v) is 6.53. The molecule has 0 bridgehead atoms. The van der Waals surface area contributed by atoms with Crippen molar-refractivity contribution in [2.24, 2.45) is 7.05 Å². The Morgan fingerprint density at radius 2 is 1.97 bits per heavy atom. The number of nitrogens with zero attached hydrogens (tertiary/aromatic N) is 4. The van der Waals surface area contributed by atoms with Crippen molar-refractivity contribution in [1.82, 2.24) is 14.5 Å². The molecule has 2 aromatic heterocycles. The molecule has 0 aliphatic carbocycles. The number of nitro groups is 1. The average Bonchev–Trinajstić information content (AvgIpc) is 3.17. The van der Waals surface area contributed by atoms with Crippen LogP contribution >= 0.6 is 0 Å². The monoisotopic (exact) mass is 389 g/mol. The van der Waals surface area contributed by atoms with Crippen molar-refractivity contribution in [2.45, 2.75) is 6.04 Å². The van der Waals surface area contributed by atoms with E-state index in [1.165, 1.54) is 12.3 Å². The van der Waals surface area contributed by atoms with Crippen molar-refractivity contribution in [3.63, 3.8) is 0 Å². The zero-order valence-corrected chi connectivity index (χ0v) is 15.9. The lowest BCUT2D eigenvalue weighted by molar-refractivity contribution is -0.383. The number of non-ortho nitro benzene ring substituents is 1. The van der Waals surface area contributed by atoms with Gasteiger partial charge in [0.25, 0.3) is 5.69 Å². The molecule has 1 N–H and O–H groups in total. The van der Waals surface area contributed by atoms with Crippen LogP contribution in [0.2, 0.25) is 0 Å². The molecule has 2 aromatic carbocycles. The number of para-hydroxylation sites is 1. The maximum Gasteiger partial charge on any atom is 0.278 e. The van der Waals surface area contributed by atoms with E-state index >= 15 is 0 Å². The molecule has 4 aromatic rings. The summed E-state index contributed by atoms with van der Waals surface area (Å²) in [6.45, 7) is 0. The summed E-state index contributed by atoms with van der Waals surface area (Å²) < 4.78 is 7.49. The third kappa shape index (κ3) is 3.36. The first-order chi connectivity index (χ1) is 14.1. The Hall–Kier alpha value is -3.94. The van der Waals surface area contributed by atoms with Crippen molar-refractivity contribution >= 4 is 22.1 Å². The molecule has 8 heteroatoms. The molecule has 4 rings (SSSR count). The standard InChI is InChI=1S/C21H19N5O3/c1-25-12-11-23-21(25)20(15-5-3-4-6-19(15)29-2)24-17-7-8-18(26(27)28)16-13-22-10-9-14(16)17/h3-13,20,24H,1-2H3/t20-/m1/s1. The van der Waals surface area contributed by atoms with Gasteiger partial charge in [0, 0.05) is 54.5 Å². The van der Waals surface area contributed by atoms with Crippen molar-refractivity contribution < 1.29 is 9.66 Å². The van der Waals surface area contributed by atoms with Gasteiger partial charge in [0.15, 0.2) is 0 Å². The third-order valence-corrected chi connectivity index (χ3v) is 4.86. The summed E-state index contributed by atoms with van der Waals surface area (Å²) in [7, 11) is 3.55. The predicted octanol–water partition coefficient (Wildman–Crippen LogP) is 4.09. The Labute approximate surface area is 166 Å². The third-order valence-electron chi connectivity index (χ3n) is 4.86. The second kappa shape index (κ2) is 7.59. The normalized spacial score (nSPS) is 11.9. The highest BCUT2D eigenvalue weighted by Crippen LogP contribution is 2.36. The molecule has 0 radical (unpaired) electrons. The van der Waals surface area contributed by atoms with Crippen LogP contribution in [0.3, 0.4) is 0 Å². The van der Waals surface area contributed by atoms with Crippen LogP contribution in [0.5, 0.6) is 5.75 Å². The first kappa shape index (κ1) is 18.4. The molecule has 2 heterocycles. The van der Waals surface area contributed by atoms with Gasteiger partial charge in [-0.1, -0.05) is 18.2 Å². The van der Waals surface area contributed by atoms with Gasteiger partial charge in [-0.25, -0.2) is 4.98 Å². The van der Waals surface area contributed by atoms with E-state index in [0.717, 1.165) is 22.8 Å². The smallest absolute Gasteiger partial charge is 0.278 e. The summed E-state index contributed by atoms with van der Waals surface area (Å²) in [5.41, 5.74) is 1.67. The number of hydrogen-bond donors (Lipinski definition) is 1. The van der Waals surface area contributed by atoms with Crippen LogP contribution in [0.25, 0.3) is 10.8 Å². The number of benzene rings is 2. The highest BCUT2D eigenvalue weighted by molar-refractivity contribution is 5.99. The Morgan fingerprint density at radius 1 is 1.14 bits per heavy atom. The Bertz CT molecular complexity index is 1190. The number of rotatable bonds is 6. The van der Waals surface area contributed by atoms with E-state index in [-0.39, 0.29) is 11.7 Å². The van der Waals surface area contributed by atoms with Crippen LogP contribution in [-0.2, 0) is 7.05 Å². The minimum absolute atomic E-state index is 0.0180. The first-order valence-corrected chi connectivity index (χ1v) is 8.98. The molecule has 0 unspecified atom stereocenters. The van der Waals surface area contributed by atoms with Gasteiger partial charge in [-0.2, -0.15) is 0 Å². The summed E-state index contributed by atoms with van der Waals surface area (Å²) in [4.78, 5) is 19.6. The Kier molecular flexibility index (Phi) is 4.82. The van der Waals surface area contributed by atoms with Crippen LogP contribution in [0, 0.1) is 10.1 Å². The summed E-state index contributed by atoms with van der Waals surface area (Å²) in [6.07, 6.45) is 6.74. The number of nitro benzene ring substituents is 1. The molecule has 8 nitrogen and oxygen atoms in total. The molecular weight excluding hydrogens is 370 g/mol. The van der Waals surface area contributed by atoms with Gasteiger partial charge in [-0.15, -0.1) is 0 Å². The molecule has 0 amide bonds. The minimum atomic E-state index is -0.399. The van der Waals surface area contributed by atoms with Crippen molar-refractivity contribution in [1.29, 1.82) is 0 Å². The molecule has 29 heavy (non-hydrogen) atoms. The van der Waals surface area contributed by atoms with E-state index in [1.54, 1.807) is 31.6 Å². The maximum absolute atomic E-state index is 11.4. The maximum atomic E-state index is 11.4. The topological polar surface area (TPSA) is 95.1 Å². The Balaban J connectivity index is 1.87. The van der Waals surface area contributed by atoms with Crippen molar-refractivity contribution in [3.8, 4) is 5.75 Å². The number of methoxy groups -OCH3 is 1. The second-order valence-electron chi connectivity index (χ2n) is 6.53. The lowest BCUT2D eigenvalue weighted by Gasteiger charge is -2.23. The summed E-state index contributed by atoms with van der Waals surface area (Å²) in [6, 6.07) is 12.4. The number of nitrogens with one attached hydrogen (secondary N) is 1. The van der Waals surface area contributed by atoms with Gasteiger partial charge in [-0.3, -0.25) is 15.1 Å². The highest BCUT2D eigenvalue weighted by atomic mass is 16.6. The number of aromatic nitrogens is 3. The van der Waals surface area contributed by atoms with Crippen LogP contribution in [0.4, 0.5) is 11.4 Å². The molecule has 0 aliphatic heterocycles. The summed E-state index contributed by atoms with van der Waals surface area (Å²) >= 11 is 0. The zero-order valence-electron chi connectivity index (χ0n) is 15.9. The lowest BCUT2D eigenvalue weighted by atomic mass is 10.0. The van der Waals surface area contributed by atoms with Gasteiger partial charge in [-0.05, 0) is 18.2 Å². The van der Waals surface area contributed by atoms with Crippen molar-refractivity contribution in [2.75, 3.05) is 12.4 Å². The van der Waals surface area contributed by atoms with Crippen LogP contribution in [0.1, 0.15) is 17.4 Å². The average molecular weight is 389 g/mol. The fourth-order valence-corrected chi connectivity index (χ4v) is 3.46. The van der Waals surface area contributed by atoms with Crippen LogP contribution in [0.15, 0.2) is 67.3 Å². The number of aryl methyl sites for hydroxylation is 1. The van der Waals surface area contributed by atoms with Gasteiger partial charge >= 0.3 is 0 Å². The number of pyridine rings is 1. The van der Waals surface area contributed by atoms with Gasteiger partial charge in [0.1, 0.15) is 17.6 Å². The molecule has 0 saturated heterocycles. The molecule has 0 aliphatic rings. The van der Waals surface area contributed by atoms with E-state index in [9.17, 15) is 10.1 Å². The van der Waals surface area contributed by atoms with Crippen LogP contribution < -0.4 is 10.1 Å².